The Kier molecular flexibility index (Phi) is 2.90. The van der Waals surface area contributed by atoms with Crippen molar-refractivity contribution in [2.75, 3.05) is 6.54 Å². The number of nitrogens with one attached hydrogen (secondary N) is 1. The minimum atomic E-state index is 0.690. The summed E-state index contributed by atoms with van der Waals surface area (Å²) >= 11 is 1.64. The summed E-state index contributed by atoms with van der Waals surface area (Å²) < 4.78 is 0. The van der Waals surface area contributed by atoms with Crippen molar-refractivity contribution >= 4 is 11.3 Å². The zero-order valence-electron chi connectivity index (χ0n) is 7.73. The van der Waals surface area contributed by atoms with Gasteiger partial charge in [-0.3, -0.25) is 5.10 Å². The first-order chi connectivity index (χ1) is 6.90. The number of thiophene rings is 1. The topological polar surface area (TPSA) is 67.6 Å². The second-order valence-electron chi connectivity index (χ2n) is 2.98. The number of H-pyrrole nitrogens is 1. The van der Waals surface area contributed by atoms with Gasteiger partial charge in [0.1, 0.15) is 5.82 Å². The molecule has 0 aliphatic rings. The van der Waals surface area contributed by atoms with Gasteiger partial charge in [0.05, 0.1) is 4.88 Å². The van der Waals surface area contributed by atoms with Crippen LogP contribution in [-0.2, 0) is 6.42 Å². The molecule has 2 rings (SSSR count). The first kappa shape index (κ1) is 9.36. The fourth-order valence-electron chi connectivity index (χ4n) is 1.19. The summed E-state index contributed by atoms with van der Waals surface area (Å²) in [6.45, 7) is 0.690. The lowest BCUT2D eigenvalue weighted by atomic mass is 10.3. The predicted molar refractivity (Wildman–Crippen MR) is 57.1 cm³/mol. The standard InChI is InChI=1S/C9H12N4S/c10-5-1-4-8-11-9(13-12-8)7-3-2-6-14-7/h2-3,6H,1,4-5,10H2,(H,11,12,13). The Morgan fingerprint density at radius 2 is 2.43 bits per heavy atom. The van der Waals surface area contributed by atoms with Crippen LogP contribution >= 0.6 is 11.3 Å². The summed E-state index contributed by atoms with van der Waals surface area (Å²) in [6, 6.07) is 4.01. The third kappa shape index (κ3) is 2.00. The van der Waals surface area contributed by atoms with Crippen LogP contribution < -0.4 is 5.73 Å². The summed E-state index contributed by atoms with van der Waals surface area (Å²) in [5.41, 5.74) is 5.42. The maximum absolute atomic E-state index is 5.42. The van der Waals surface area contributed by atoms with E-state index < -0.39 is 0 Å². The molecule has 0 aliphatic heterocycles. The van der Waals surface area contributed by atoms with Crippen LogP contribution in [0.15, 0.2) is 17.5 Å². The summed E-state index contributed by atoms with van der Waals surface area (Å²) in [6.07, 6.45) is 1.81. The highest BCUT2D eigenvalue weighted by Gasteiger charge is 2.05. The van der Waals surface area contributed by atoms with Crippen LogP contribution in [0.5, 0.6) is 0 Å². The maximum atomic E-state index is 5.42. The van der Waals surface area contributed by atoms with Gasteiger partial charge in [-0.05, 0) is 24.4 Å². The van der Waals surface area contributed by atoms with Gasteiger partial charge in [0.2, 0.25) is 0 Å². The summed E-state index contributed by atoms with van der Waals surface area (Å²) in [5, 5.41) is 9.08. The molecule has 0 radical (unpaired) electrons. The number of nitrogens with zero attached hydrogens (tertiary/aromatic N) is 2. The SMILES string of the molecule is NCCCc1nc(-c2cccs2)n[nH]1. The average Bonchev–Trinajstić information content (AvgIpc) is 2.85. The lowest BCUT2D eigenvalue weighted by Crippen LogP contribution is -2.01. The van der Waals surface area contributed by atoms with Crippen LogP contribution in [0.25, 0.3) is 10.7 Å². The van der Waals surface area contributed by atoms with E-state index in [0.29, 0.717) is 6.54 Å². The van der Waals surface area contributed by atoms with Gasteiger partial charge in [-0.15, -0.1) is 11.3 Å². The Morgan fingerprint density at radius 3 is 3.14 bits per heavy atom. The van der Waals surface area contributed by atoms with Crippen molar-refractivity contribution in [3.8, 4) is 10.7 Å². The van der Waals surface area contributed by atoms with E-state index in [2.05, 4.69) is 15.2 Å². The molecule has 5 heteroatoms. The smallest absolute Gasteiger partial charge is 0.191 e. The molecule has 0 aliphatic carbocycles. The monoisotopic (exact) mass is 208 g/mol. The first-order valence-corrected chi connectivity index (χ1v) is 5.43. The molecule has 2 aromatic heterocycles. The van der Waals surface area contributed by atoms with Crippen molar-refractivity contribution in [3.05, 3.63) is 23.3 Å². The van der Waals surface area contributed by atoms with E-state index in [1.54, 1.807) is 11.3 Å². The first-order valence-electron chi connectivity index (χ1n) is 4.55. The molecule has 0 bridgehead atoms. The molecular formula is C9H12N4S. The fraction of sp³-hybridized carbons (Fsp3) is 0.333. The lowest BCUT2D eigenvalue weighted by Gasteiger charge is -1.90. The van der Waals surface area contributed by atoms with E-state index in [9.17, 15) is 0 Å². The Balaban J connectivity index is 2.10. The van der Waals surface area contributed by atoms with Crippen LogP contribution in [-0.4, -0.2) is 21.7 Å². The van der Waals surface area contributed by atoms with Crippen molar-refractivity contribution in [1.29, 1.82) is 0 Å². The second kappa shape index (κ2) is 4.34. The molecule has 0 saturated heterocycles. The molecule has 3 N–H and O–H groups in total. The van der Waals surface area contributed by atoms with Crippen molar-refractivity contribution in [2.45, 2.75) is 12.8 Å². The summed E-state index contributed by atoms with van der Waals surface area (Å²) in [4.78, 5) is 5.48. The minimum Gasteiger partial charge on any atom is -0.330 e. The zero-order chi connectivity index (χ0) is 9.80. The molecule has 2 heterocycles. The second-order valence-corrected chi connectivity index (χ2v) is 3.92. The highest BCUT2D eigenvalue weighted by Crippen LogP contribution is 2.20. The van der Waals surface area contributed by atoms with Gasteiger partial charge in [0.25, 0.3) is 0 Å². The third-order valence-electron chi connectivity index (χ3n) is 1.89. The van der Waals surface area contributed by atoms with E-state index in [-0.39, 0.29) is 0 Å². The Labute approximate surface area is 86.2 Å². The van der Waals surface area contributed by atoms with Gasteiger partial charge in [-0.1, -0.05) is 6.07 Å². The number of aryl methyl sites for hydroxylation is 1. The third-order valence-corrected chi connectivity index (χ3v) is 2.76. The van der Waals surface area contributed by atoms with E-state index in [0.717, 1.165) is 29.4 Å². The molecule has 0 fully saturated rings. The van der Waals surface area contributed by atoms with Gasteiger partial charge in [-0.25, -0.2) is 4.98 Å². The van der Waals surface area contributed by atoms with E-state index in [4.69, 9.17) is 5.73 Å². The number of rotatable bonds is 4. The molecule has 14 heavy (non-hydrogen) atoms. The summed E-state index contributed by atoms with van der Waals surface area (Å²) in [5.74, 6) is 1.70. The molecule has 2 aromatic rings. The molecule has 0 unspecified atom stereocenters. The number of aromatic amines is 1. The van der Waals surface area contributed by atoms with Crippen LogP contribution in [0.1, 0.15) is 12.2 Å². The van der Waals surface area contributed by atoms with Crippen molar-refractivity contribution in [3.63, 3.8) is 0 Å². The lowest BCUT2D eigenvalue weighted by molar-refractivity contribution is 0.785. The number of hydrogen-bond donors (Lipinski definition) is 2. The van der Waals surface area contributed by atoms with Gasteiger partial charge in [0, 0.05) is 6.42 Å². The molecule has 0 saturated carbocycles. The number of nitrogens with two attached hydrogens (primary N) is 1. The Hall–Kier alpha value is -1.20. The van der Waals surface area contributed by atoms with Crippen LogP contribution in [0.3, 0.4) is 0 Å². The fourth-order valence-corrected chi connectivity index (χ4v) is 1.85. The molecular weight excluding hydrogens is 196 g/mol. The van der Waals surface area contributed by atoms with Crippen LogP contribution in [0, 0.1) is 0 Å². The molecule has 0 amide bonds. The maximum Gasteiger partial charge on any atom is 0.191 e. The Bertz CT molecular complexity index is 379. The van der Waals surface area contributed by atoms with Gasteiger partial charge < -0.3 is 5.73 Å². The van der Waals surface area contributed by atoms with Gasteiger partial charge in [0.15, 0.2) is 5.82 Å². The number of aromatic nitrogens is 3. The van der Waals surface area contributed by atoms with E-state index in [1.807, 2.05) is 17.5 Å². The molecule has 4 nitrogen and oxygen atoms in total. The van der Waals surface area contributed by atoms with E-state index >= 15 is 0 Å². The van der Waals surface area contributed by atoms with E-state index in [1.165, 1.54) is 0 Å². The van der Waals surface area contributed by atoms with Gasteiger partial charge in [-0.2, -0.15) is 5.10 Å². The molecule has 74 valence electrons. The van der Waals surface area contributed by atoms with Gasteiger partial charge >= 0.3 is 0 Å². The highest BCUT2D eigenvalue weighted by molar-refractivity contribution is 7.13. The van der Waals surface area contributed by atoms with Crippen LogP contribution in [0.2, 0.25) is 0 Å². The highest BCUT2D eigenvalue weighted by atomic mass is 32.1. The zero-order valence-corrected chi connectivity index (χ0v) is 8.55. The van der Waals surface area contributed by atoms with Crippen molar-refractivity contribution in [1.82, 2.24) is 15.2 Å². The van der Waals surface area contributed by atoms with Crippen molar-refractivity contribution in [2.24, 2.45) is 5.73 Å². The van der Waals surface area contributed by atoms with Crippen LogP contribution in [0.4, 0.5) is 0 Å². The average molecular weight is 208 g/mol. The quantitative estimate of drug-likeness (QED) is 0.798. The Morgan fingerprint density at radius 1 is 1.50 bits per heavy atom. The molecule has 0 atom stereocenters. The largest absolute Gasteiger partial charge is 0.330 e. The molecule has 0 aromatic carbocycles. The number of hydrogen-bond acceptors (Lipinski definition) is 4. The predicted octanol–water partition coefficient (Wildman–Crippen LogP) is 1.42. The normalized spacial score (nSPS) is 10.6. The molecule has 0 spiro atoms. The minimum absolute atomic E-state index is 0.690. The summed E-state index contributed by atoms with van der Waals surface area (Å²) in [7, 11) is 0. The van der Waals surface area contributed by atoms with Crippen molar-refractivity contribution < 1.29 is 0 Å².